The van der Waals surface area contributed by atoms with E-state index in [1.165, 1.54) is 18.4 Å². The number of nitrogens with zero attached hydrogens (tertiary/aromatic N) is 3. The molecule has 0 aliphatic heterocycles. The molecule has 0 atom stereocenters. The number of esters is 1. The maximum Gasteiger partial charge on any atom is 0.337 e. The number of benzene rings is 1. The first-order valence-corrected chi connectivity index (χ1v) is 10.5. The van der Waals surface area contributed by atoms with Crippen molar-refractivity contribution >= 4 is 40.4 Å². The number of ether oxygens (including phenoxy) is 2. The SMILES string of the molecule is COC(=O)c1ccc(-c2nc(CSc3nnc(OC(C)C)s3)cs2)cc1. The van der Waals surface area contributed by atoms with Gasteiger partial charge in [0.1, 0.15) is 5.01 Å². The van der Waals surface area contributed by atoms with Crippen molar-refractivity contribution < 1.29 is 14.3 Å². The van der Waals surface area contributed by atoms with Crippen molar-refractivity contribution in [3.05, 3.63) is 40.9 Å². The van der Waals surface area contributed by atoms with Crippen LogP contribution in [-0.2, 0) is 10.5 Å². The Morgan fingerprint density at radius 1 is 1.23 bits per heavy atom. The topological polar surface area (TPSA) is 74.2 Å². The summed E-state index contributed by atoms with van der Waals surface area (Å²) < 4.78 is 11.1. The molecule has 2 heterocycles. The molecule has 0 radical (unpaired) electrons. The van der Waals surface area contributed by atoms with Crippen LogP contribution in [0.15, 0.2) is 34.0 Å². The predicted molar refractivity (Wildman–Crippen MR) is 104 cm³/mol. The fraction of sp³-hybridized carbons (Fsp3) is 0.294. The Hall–Kier alpha value is -1.97. The molecule has 0 N–H and O–H groups in total. The highest BCUT2D eigenvalue weighted by Crippen LogP contribution is 2.31. The van der Waals surface area contributed by atoms with Crippen molar-refractivity contribution in [1.29, 1.82) is 0 Å². The molecule has 0 saturated heterocycles. The van der Waals surface area contributed by atoms with Gasteiger partial charge in [-0.15, -0.1) is 16.4 Å². The second kappa shape index (κ2) is 8.61. The monoisotopic (exact) mass is 407 g/mol. The largest absolute Gasteiger partial charge is 0.466 e. The molecule has 6 nitrogen and oxygen atoms in total. The van der Waals surface area contributed by atoms with E-state index < -0.39 is 0 Å². The first kappa shape index (κ1) is 18.8. The lowest BCUT2D eigenvalue weighted by atomic mass is 10.1. The third kappa shape index (κ3) is 4.80. The summed E-state index contributed by atoms with van der Waals surface area (Å²) in [4.78, 5) is 16.1. The van der Waals surface area contributed by atoms with Crippen LogP contribution in [-0.4, -0.2) is 34.4 Å². The van der Waals surface area contributed by atoms with Gasteiger partial charge in [-0.05, 0) is 37.3 Å². The molecule has 1 aromatic carbocycles. The lowest BCUT2D eigenvalue weighted by Crippen LogP contribution is -2.04. The summed E-state index contributed by atoms with van der Waals surface area (Å²) in [6.07, 6.45) is 0.0902. The summed E-state index contributed by atoms with van der Waals surface area (Å²) in [7, 11) is 1.37. The van der Waals surface area contributed by atoms with Gasteiger partial charge in [-0.1, -0.05) is 29.0 Å². The maximum atomic E-state index is 11.5. The van der Waals surface area contributed by atoms with E-state index in [2.05, 4.69) is 15.2 Å². The van der Waals surface area contributed by atoms with Gasteiger partial charge in [0, 0.05) is 16.7 Å². The van der Waals surface area contributed by atoms with Gasteiger partial charge >= 0.3 is 5.97 Å². The van der Waals surface area contributed by atoms with E-state index >= 15 is 0 Å². The van der Waals surface area contributed by atoms with Gasteiger partial charge in [0.2, 0.25) is 0 Å². The van der Waals surface area contributed by atoms with Gasteiger partial charge in [-0.2, -0.15) is 0 Å². The minimum atomic E-state index is -0.342. The minimum absolute atomic E-state index is 0.0902. The number of hydrogen-bond donors (Lipinski definition) is 0. The zero-order valence-corrected chi connectivity index (χ0v) is 16.9. The van der Waals surface area contributed by atoms with E-state index in [1.807, 2.05) is 31.4 Å². The fourth-order valence-electron chi connectivity index (χ4n) is 2.01. The average Bonchev–Trinajstić information content (AvgIpc) is 3.28. The smallest absolute Gasteiger partial charge is 0.337 e. The Bertz CT molecular complexity index is 875. The predicted octanol–water partition coefficient (Wildman–Crippen LogP) is 4.53. The maximum absolute atomic E-state index is 11.5. The summed E-state index contributed by atoms with van der Waals surface area (Å²) >= 11 is 4.60. The zero-order valence-electron chi connectivity index (χ0n) is 14.5. The molecular weight excluding hydrogens is 390 g/mol. The van der Waals surface area contributed by atoms with Crippen LogP contribution >= 0.6 is 34.4 Å². The van der Waals surface area contributed by atoms with E-state index in [9.17, 15) is 4.79 Å². The Labute approximate surface area is 163 Å². The first-order chi connectivity index (χ1) is 12.5. The minimum Gasteiger partial charge on any atom is -0.466 e. The summed E-state index contributed by atoms with van der Waals surface area (Å²) in [5, 5.41) is 11.7. The number of thioether (sulfide) groups is 1. The number of hydrogen-bond acceptors (Lipinski definition) is 9. The Balaban J connectivity index is 1.61. The summed E-state index contributed by atoms with van der Waals surface area (Å²) in [6.45, 7) is 3.92. The summed E-state index contributed by atoms with van der Waals surface area (Å²) in [5.41, 5.74) is 2.48. The zero-order chi connectivity index (χ0) is 18.5. The number of carbonyl (C=O) groups is 1. The summed E-state index contributed by atoms with van der Waals surface area (Å²) in [6, 6.07) is 7.24. The van der Waals surface area contributed by atoms with Gasteiger partial charge in [0.05, 0.1) is 24.5 Å². The van der Waals surface area contributed by atoms with Crippen LogP contribution in [0.1, 0.15) is 29.9 Å². The second-order valence-electron chi connectivity index (χ2n) is 5.50. The molecule has 0 spiro atoms. The van der Waals surface area contributed by atoms with Gasteiger partial charge in [0.15, 0.2) is 4.34 Å². The van der Waals surface area contributed by atoms with Crippen LogP contribution in [0.4, 0.5) is 0 Å². The van der Waals surface area contributed by atoms with Crippen LogP contribution < -0.4 is 4.74 Å². The molecule has 0 amide bonds. The van der Waals surface area contributed by atoms with Crippen molar-refractivity contribution in [2.24, 2.45) is 0 Å². The quantitative estimate of drug-likeness (QED) is 0.421. The van der Waals surface area contributed by atoms with E-state index in [0.29, 0.717) is 16.5 Å². The Morgan fingerprint density at radius 3 is 2.69 bits per heavy atom. The molecule has 3 aromatic rings. The molecule has 3 rings (SSSR count). The lowest BCUT2D eigenvalue weighted by Gasteiger charge is -2.02. The van der Waals surface area contributed by atoms with Crippen molar-refractivity contribution in [2.45, 2.75) is 30.0 Å². The molecule has 0 saturated carbocycles. The van der Waals surface area contributed by atoms with Crippen molar-refractivity contribution in [3.63, 3.8) is 0 Å². The van der Waals surface area contributed by atoms with E-state index in [-0.39, 0.29) is 12.1 Å². The van der Waals surface area contributed by atoms with Gasteiger partial charge < -0.3 is 9.47 Å². The van der Waals surface area contributed by atoms with Crippen LogP contribution in [0.5, 0.6) is 5.19 Å². The highest BCUT2D eigenvalue weighted by atomic mass is 32.2. The molecule has 0 unspecified atom stereocenters. The van der Waals surface area contributed by atoms with E-state index in [1.54, 1.807) is 35.2 Å². The third-order valence-corrected chi connectivity index (χ3v) is 6.09. The van der Waals surface area contributed by atoms with Crippen LogP contribution in [0.2, 0.25) is 0 Å². The molecule has 0 aliphatic rings. The molecule has 0 fully saturated rings. The highest BCUT2D eigenvalue weighted by molar-refractivity contribution is 8.00. The third-order valence-electron chi connectivity index (χ3n) is 3.17. The number of rotatable bonds is 7. The van der Waals surface area contributed by atoms with Gasteiger partial charge in [-0.25, -0.2) is 9.78 Å². The van der Waals surface area contributed by atoms with E-state index in [0.717, 1.165) is 20.6 Å². The Morgan fingerprint density at radius 2 is 2.00 bits per heavy atom. The molecule has 0 bridgehead atoms. The lowest BCUT2D eigenvalue weighted by molar-refractivity contribution is 0.0600. The van der Waals surface area contributed by atoms with Crippen molar-refractivity contribution in [1.82, 2.24) is 15.2 Å². The van der Waals surface area contributed by atoms with Gasteiger partial charge in [-0.3, -0.25) is 0 Å². The van der Waals surface area contributed by atoms with Crippen molar-refractivity contribution in [2.75, 3.05) is 7.11 Å². The molecular formula is C17H17N3O3S3. The van der Waals surface area contributed by atoms with Crippen LogP contribution in [0.3, 0.4) is 0 Å². The number of aromatic nitrogens is 3. The Kier molecular flexibility index (Phi) is 6.23. The number of methoxy groups -OCH3 is 1. The fourth-order valence-corrected chi connectivity index (χ4v) is 4.64. The molecule has 2 aromatic heterocycles. The summed E-state index contributed by atoms with van der Waals surface area (Å²) in [5.74, 6) is 0.373. The normalized spacial score (nSPS) is 10.9. The molecule has 26 heavy (non-hydrogen) atoms. The van der Waals surface area contributed by atoms with Crippen LogP contribution in [0.25, 0.3) is 10.6 Å². The van der Waals surface area contributed by atoms with E-state index in [4.69, 9.17) is 9.47 Å². The number of thiazole rings is 1. The van der Waals surface area contributed by atoms with Gasteiger partial charge in [0.25, 0.3) is 5.19 Å². The molecule has 0 aliphatic carbocycles. The van der Waals surface area contributed by atoms with Crippen molar-refractivity contribution in [3.8, 4) is 15.8 Å². The first-order valence-electron chi connectivity index (χ1n) is 7.81. The molecule has 136 valence electrons. The second-order valence-corrected chi connectivity index (χ2v) is 8.52. The van der Waals surface area contributed by atoms with Crippen LogP contribution in [0, 0.1) is 0 Å². The standard InChI is InChI=1S/C17H17N3O3S3/c1-10(2)23-16-19-20-17(26-16)25-9-13-8-24-14(18-13)11-4-6-12(7-5-11)15(21)22-3/h4-8,10H,9H2,1-3H3. The number of carbonyl (C=O) groups excluding carboxylic acids is 1. The highest BCUT2D eigenvalue weighted by Gasteiger charge is 2.11. The average molecular weight is 408 g/mol. The molecule has 9 heteroatoms.